The van der Waals surface area contributed by atoms with Gasteiger partial charge in [-0.2, -0.15) is 0 Å². The number of nitrogens with one attached hydrogen (secondary N) is 2. The molecule has 0 amide bonds. The summed E-state index contributed by atoms with van der Waals surface area (Å²) in [6.45, 7) is 5.29. The quantitative estimate of drug-likeness (QED) is 0.262. The van der Waals surface area contributed by atoms with Gasteiger partial charge in [0.05, 0.1) is 11.4 Å². The molecule has 0 aliphatic carbocycles. The van der Waals surface area contributed by atoms with Crippen LogP contribution in [0.4, 0.5) is 0 Å². The number of nitrogens with zero attached hydrogens (tertiary/aromatic N) is 1. The fourth-order valence-electron chi connectivity index (χ4n) is 1.41. The number of hydrogen-bond acceptors (Lipinski definition) is 4. The molecular weight excluding hydrogens is 278 g/mol. The highest BCUT2D eigenvalue weighted by Crippen LogP contribution is 2.09. The molecule has 20 heavy (non-hydrogen) atoms. The van der Waals surface area contributed by atoms with Crippen molar-refractivity contribution in [1.29, 1.82) is 0 Å². The average Bonchev–Trinajstić information content (AvgIpc) is 2.38. The van der Waals surface area contributed by atoms with Gasteiger partial charge in [-0.15, -0.1) is 0 Å². The number of hydrazine groups is 1. The Hall–Kier alpha value is -1.64. The van der Waals surface area contributed by atoms with Crippen molar-refractivity contribution in [2.45, 2.75) is 25.3 Å². The standard InChI is InChI=1S/C12H21N5O2S/c1-9(2)7-15-12(17-13)16-8-10-3-5-11(6-4-10)20(14,18)19/h3-6,9H,7-8,13H2,1-2H3,(H2,14,18,19)(H2,15,16,17). The lowest BCUT2D eigenvalue weighted by molar-refractivity contribution is 0.598. The maximum Gasteiger partial charge on any atom is 0.238 e. The van der Waals surface area contributed by atoms with Crippen molar-refractivity contribution in [1.82, 2.24) is 10.7 Å². The topological polar surface area (TPSA) is 123 Å². The van der Waals surface area contributed by atoms with E-state index in [1.807, 2.05) is 0 Å². The van der Waals surface area contributed by atoms with Crippen LogP contribution in [0.1, 0.15) is 19.4 Å². The van der Waals surface area contributed by atoms with Crippen molar-refractivity contribution in [3.05, 3.63) is 29.8 Å². The molecule has 112 valence electrons. The van der Waals surface area contributed by atoms with Gasteiger partial charge in [0.25, 0.3) is 0 Å². The van der Waals surface area contributed by atoms with Crippen LogP contribution in [0.5, 0.6) is 0 Å². The van der Waals surface area contributed by atoms with Crippen molar-refractivity contribution in [2.75, 3.05) is 6.54 Å². The highest BCUT2D eigenvalue weighted by molar-refractivity contribution is 7.89. The summed E-state index contributed by atoms with van der Waals surface area (Å²) in [6.07, 6.45) is 0. The maximum absolute atomic E-state index is 11.1. The Morgan fingerprint density at radius 2 is 1.90 bits per heavy atom. The number of primary sulfonamides is 1. The first kappa shape index (κ1) is 16.4. The Morgan fingerprint density at radius 3 is 2.35 bits per heavy atom. The first-order chi connectivity index (χ1) is 9.32. The summed E-state index contributed by atoms with van der Waals surface area (Å²) in [6, 6.07) is 6.24. The third-order valence-corrected chi connectivity index (χ3v) is 3.42. The van der Waals surface area contributed by atoms with Gasteiger partial charge in [-0.3, -0.25) is 5.43 Å². The highest BCUT2D eigenvalue weighted by atomic mass is 32.2. The van der Waals surface area contributed by atoms with E-state index < -0.39 is 10.0 Å². The second kappa shape index (κ2) is 7.22. The van der Waals surface area contributed by atoms with Gasteiger partial charge in [-0.25, -0.2) is 24.4 Å². The first-order valence-corrected chi connectivity index (χ1v) is 7.74. The number of benzene rings is 1. The zero-order chi connectivity index (χ0) is 15.2. The molecule has 0 saturated carbocycles. The van der Waals surface area contributed by atoms with Gasteiger partial charge < -0.3 is 5.32 Å². The lowest BCUT2D eigenvalue weighted by Crippen LogP contribution is -2.42. The van der Waals surface area contributed by atoms with Crippen LogP contribution in [0.25, 0.3) is 0 Å². The van der Waals surface area contributed by atoms with Gasteiger partial charge in [0.2, 0.25) is 16.0 Å². The number of aliphatic imine (C=N–C) groups is 1. The van der Waals surface area contributed by atoms with E-state index in [0.717, 1.165) is 12.1 Å². The molecule has 0 atom stereocenters. The Kier molecular flexibility index (Phi) is 5.93. The maximum atomic E-state index is 11.1. The van der Waals surface area contributed by atoms with Crippen molar-refractivity contribution < 1.29 is 8.42 Å². The predicted molar refractivity (Wildman–Crippen MR) is 79.1 cm³/mol. The van der Waals surface area contributed by atoms with Crippen molar-refractivity contribution in [2.24, 2.45) is 21.9 Å². The van der Waals surface area contributed by atoms with Crippen molar-refractivity contribution in [3.8, 4) is 0 Å². The molecule has 0 saturated heterocycles. The smallest absolute Gasteiger partial charge is 0.238 e. The van der Waals surface area contributed by atoms with E-state index in [4.69, 9.17) is 11.0 Å². The Labute approximate surface area is 119 Å². The van der Waals surface area contributed by atoms with Crippen LogP contribution in [-0.4, -0.2) is 20.9 Å². The summed E-state index contributed by atoms with van der Waals surface area (Å²) in [4.78, 5) is 4.35. The first-order valence-electron chi connectivity index (χ1n) is 6.19. The van der Waals surface area contributed by atoms with Gasteiger partial charge in [0.15, 0.2) is 0 Å². The molecule has 0 aliphatic rings. The van der Waals surface area contributed by atoms with Crippen LogP contribution in [0, 0.1) is 5.92 Å². The molecule has 1 aromatic carbocycles. The molecule has 7 nitrogen and oxygen atoms in total. The molecule has 0 radical (unpaired) electrons. The zero-order valence-electron chi connectivity index (χ0n) is 11.6. The largest absolute Gasteiger partial charge is 0.355 e. The summed E-state index contributed by atoms with van der Waals surface area (Å²) in [5, 5.41) is 8.10. The fraction of sp³-hybridized carbons (Fsp3) is 0.417. The van der Waals surface area contributed by atoms with Crippen LogP contribution in [0.2, 0.25) is 0 Å². The van der Waals surface area contributed by atoms with Gasteiger partial charge in [0, 0.05) is 6.54 Å². The van der Waals surface area contributed by atoms with Gasteiger partial charge in [0.1, 0.15) is 0 Å². The summed E-state index contributed by atoms with van der Waals surface area (Å²) >= 11 is 0. The number of rotatable bonds is 5. The van der Waals surface area contributed by atoms with E-state index in [2.05, 4.69) is 29.6 Å². The van der Waals surface area contributed by atoms with Crippen LogP contribution in [0.3, 0.4) is 0 Å². The predicted octanol–water partition coefficient (Wildman–Crippen LogP) is -0.101. The van der Waals surface area contributed by atoms with Gasteiger partial charge in [-0.05, 0) is 23.6 Å². The molecule has 0 heterocycles. The Bertz CT molecular complexity index is 552. The van der Waals surface area contributed by atoms with Crippen molar-refractivity contribution in [3.63, 3.8) is 0 Å². The van der Waals surface area contributed by atoms with E-state index >= 15 is 0 Å². The molecule has 1 rings (SSSR count). The van der Waals surface area contributed by atoms with Crippen LogP contribution in [-0.2, 0) is 16.6 Å². The molecule has 0 fully saturated rings. The van der Waals surface area contributed by atoms with E-state index in [1.165, 1.54) is 12.1 Å². The number of hydrogen-bond donors (Lipinski definition) is 4. The van der Waals surface area contributed by atoms with Crippen LogP contribution < -0.4 is 21.7 Å². The third-order valence-electron chi connectivity index (χ3n) is 2.49. The Morgan fingerprint density at radius 1 is 1.30 bits per heavy atom. The number of nitrogens with two attached hydrogens (primary N) is 2. The van der Waals surface area contributed by atoms with Gasteiger partial charge in [-0.1, -0.05) is 26.0 Å². The molecular formula is C12H21N5O2S. The van der Waals surface area contributed by atoms with Gasteiger partial charge >= 0.3 is 0 Å². The minimum atomic E-state index is -3.65. The number of guanidine groups is 1. The molecule has 0 aliphatic heterocycles. The molecule has 0 unspecified atom stereocenters. The monoisotopic (exact) mass is 299 g/mol. The summed E-state index contributed by atoms with van der Waals surface area (Å²) in [5.74, 6) is 6.33. The Balaban J connectivity index is 2.68. The van der Waals surface area contributed by atoms with E-state index in [-0.39, 0.29) is 4.90 Å². The highest BCUT2D eigenvalue weighted by Gasteiger charge is 2.06. The summed E-state index contributed by atoms with van der Waals surface area (Å²) in [7, 11) is -3.65. The minimum Gasteiger partial charge on any atom is -0.355 e. The van der Waals surface area contributed by atoms with E-state index in [1.54, 1.807) is 12.1 Å². The van der Waals surface area contributed by atoms with Crippen LogP contribution in [0.15, 0.2) is 34.2 Å². The lowest BCUT2D eigenvalue weighted by atomic mass is 10.2. The molecule has 6 N–H and O–H groups in total. The molecule has 1 aromatic rings. The van der Waals surface area contributed by atoms with Crippen molar-refractivity contribution >= 4 is 16.0 Å². The molecule has 8 heteroatoms. The fourth-order valence-corrected chi connectivity index (χ4v) is 1.92. The average molecular weight is 299 g/mol. The second-order valence-corrected chi connectivity index (χ2v) is 6.33. The zero-order valence-corrected chi connectivity index (χ0v) is 12.4. The molecule has 0 spiro atoms. The second-order valence-electron chi connectivity index (χ2n) is 4.77. The SMILES string of the molecule is CC(C)CNC(=NCc1ccc(S(N)(=O)=O)cc1)NN. The lowest BCUT2D eigenvalue weighted by Gasteiger charge is -2.11. The van der Waals surface area contributed by atoms with Crippen LogP contribution >= 0.6 is 0 Å². The normalized spacial score (nSPS) is 12.6. The molecule has 0 bridgehead atoms. The summed E-state index contributed by atoms with van der Waals surface area (Å²) < 4.78 is 22.2. The van der Waals surface area contributed by atoms with E-state index in [0.29, 0.717) is 18.4 Å². The van der Waals surface area contributed by atoms with E-state index in [9.17, 15) is 8.42 Å². The summed E-state index contributed by atoms with van der Waals surface area (Å²) in [5.41, 5.74) is 3.34. The number of sulfonamides is 1. The minimum absolute atomic E-state index is 0.0836. The molecule has 0 aromatic heterocycles. The third kappa shape index (κ3) is 5.55.